The molecule has 8 nitrogen and oxygen atoms in total. The number of benzene rings is 1. The zero-order valence-corrected chi connectivity index (χ0v) is 15.5. The van der Waals surface area contributed by atoms with Crippen LogP contribution in [0.25, 0.3) is 11.4 Å². The van der Waals surface area contributed by atoms with E-state index in [0.717, 1.165) is 5.56 Å². The van der Waals surface area contributed by atoms with Gasteiger partial charge in [-0.25, -0.2) is 9.48 Å². The summed E-state index contributed by atoms with van der Waals surface area (Å²) in [5.41, 5.74) is 2.51. The van der Waals surface area contributed by atoms with Gasteiger partial charge in [0.2, 0.25) is 5.95 Å². The Balaban J connectivity index is 1.88. The molecule has 0 radical (unpaired) electrons. The molecule has 0 amide bonds. The van der Waals surface area contributed by atoms with E-state index in [1.807, 2.05) is 18.2 Å². The lowest BCUT2D eigenvalue weighted by Gasteiger charge is -2.28. The van der Waals surface area contributed by atoms with Gasteiger partial charge in [-0.3, -0.25) is 4.98 Å². The molecule has 0 bridgehead atoms. The van der Waals surface area contributed by atoms with Gasteiger partial charge in [0.25, 0.3) is 0 Å². The summed E-state index contributed by atoms with van der Waals surface area (Å²) in [5.74, 6) is 0.646. The van der Waals surface area contributed by atoms with E-state index in [1.54, 1.807) is 49.1 Å². The van der Waals surface area contributed by atoms with E-state index in [2.05, 4.69) is 20.4 Å². The Morgan fingerprint density at radius 1 is 1.32 bits per heavy atom. The zero-order valence-electron chi connectivity index (χ0n) is 15.5. The number of hydrogen-bond donors (Lipinski definition) is 2. The highest BCUT2D eigenvalue weighted by Gasteiger charge is 2.35. The number of phenols is 1. The van der Waals surface area contributed by atoms with Gasteiger partial charge in [0.05, 0.1) is 12.2 Å². The second kappa shape index (κ2) is 7.15. The van der Waals surface area contributed by atoms with Gasteiger partial charge < -0.3 is 15.2 Å². The van der Waals surface area contributed by atoms with Crippen molar-refractivity contribution in [3.05, 3.63) is 65.6 Å². The molecule has 0 aliphatic carbocycles. The Kier molecular flexibility index (Phi) is 4.52. The van der Waals surface area contributed by atoms with Crippen LogP contribution in [-0.2, 0) is 9.53 Å². The first-order chi connectivity index (χ1) is 13.6. The number of nitrogens with zero attached hydrogens (tertiary/aromatic N) is 4. The third-order valence-corrected chi connectivity index (χ3v) is 4.45. The summed E-state index contributed by atoms with van der Waals surface area (Å²) in [6, 6.07) is 9.83. The number of nitrogens with one attached hydrogen (secondary N) is 1. The van der Waals surface area contributed by atoms with Crippen molar-refractivity contribution in [3.63, 3.8) is 0 Å². The number of fused-ring (bicyclic) bond motifs is 1. The Hall–Kier alpha value is -3.68. The lowest BCUT2D eigenvalue weighted by Crippen LogP contribution is -2.29. The topological polar surface area (TPSA) is 102 Å². The molecule has 1 aromatic carbocycles. The van der Waals surface area contributed by atoms with Crippen LogP contribution in [0.3, 0.4) is 0 Å². The van der Waals surface area contributed by atoms with Crippen LogP contribution in [0.5, 0.6) is 5.75 Å². The highest BCUT2D eigenvalue weighted by molar-refractivity contribution is 5.92. The molecule has 1 atom stereocenters. The van der Waals surface area contributed by atoms with Crippen molar-refractivity contribution in [2.24, 2.45) is 0 Å². The van der Waals surface area contributed by atoms with E-state index in [-0.39, 0.29) is 12.4 Å². The van der Waals surface area contributed by atoms with Crippen molar-refractivity contribution in [1.29, 1.82) is 0 Å². The summed E-state index contributed by atoms with van der Waals surface area (Å²) < 4.78 is 6.90. The van der Waals surface area contributed by atoms with Crippen molar-refractivity contribution in [1.82, 2.24) is 19.7 Å². The standard InChI is InChI=1S/C20H19N5O3/c1-3-28-19(27)16-12(2)22-20-23-18(14-7-5-9-21-11-14)24-25(20)17(16)13-6-4-8-15(26)10-13/h4-11,17,26H,3H2,1-2H3,(H,22,23,24). The zero-order chi connectivity index (χ0) is 19.7. The van der Waals surface area contributed by atoms with Crippen LogP contribution in [0.15, 0.2) is 60.1 Å². The maximum Gasteiger partial charge on any atom is 0.338 e. The molecule has 1 aliphatic rings. The van der Waals surface area contributed by atoms with E-state index in [4.69, 9.17) is 4.74 Å². The first kappa shape index (κ1) is 17.7. The van der Waals surface area contributed by atoms with Crippen molar-refractivity contribution >= 4 is 11.9 Å². The summed E-state index contributed by atoms with van der Waals surface area (Å²) in [6.45, 7) is 3.81. The minimum absolute atomic E-state index is 0.103. The minimum Gasteiger partial charge on any atom is -0.508 e. The second-order valence-corrected chi connectivity index (χ2v) is 6.33. The van der Waals surface area contributed by atoms with Crippen LogP contribution < -0.4 is 5.32 Å². The molecule has 3 aromatic rings. The molecular weight excluding hydrogens is 358 g/mol. The van der Waals surface area contributed by atoms with Crippen LogP contribution in [0.4, 0.5) is 5.95 Å². The molecule has 0 saturated carbocycles. The molecule has 3 heterocycles. The molecule has 0 saturated heterocycles. The first-order valence-corrected chi connectivity index (χ1v) is 8.89. The van der Waals surface area contributed by atoms with E-state index in [9.17, 15) is 9.90 Å². The molecular formula is C20H19N5O3. The summed E-state index contributed by atoms with van der Waals surface area (Å²) in [7, 11) is 0. The van der Waals surface area contributed by atoms with E-state index in [0.29, 0.717) is 28.6 Å². The van der Waals surface area contributed by atoms with E-state index >= 15 is 0 Å². The average Bonchev–Trinajstić information content (AvgIpc) is 3.11. The highest BCUT2D eigenvalue weighted by atomic mass is 16.5. The van der Waals surface area contributed by atoms with Gasteiger partial charge >= 0.3 is 5.97 Å². The van der Waals surface area contributed by atoms with Crippen LogP contribution in [0.1, 0.15) is 25.5 Å². The summed E-state index contributed by atoms with van der Waals surface area (Å²) in [6.07, 6.45) is 3.36. The number of phenolic OH excluding ortho intramolecular Hbond substituents is 1. The van der Waals surface area contributed by atoms with Gasteiger partial charge in [-0.05, 0) is 43.7 Å². The number of ether oxygens (including phenoxy) is 1. The fraction of sp³-hybridized carbons (Fsp3) is 0.200. The van der Waals surface area contributed by atoms with Gasteiger partial charge in [0.1, 0.15) is 11.8 Å². The lowest BCUT2D eigenvalue weighted by molar-refractivity contribution is -0.139. The van der Waals surface area contributed by atoms with Gasteiger partial charge in [0, 0.05) is 23.7 Å². The molecule has 1 aliphatic heterocycles. The quantitative estimate of drug-likeness (QED) is 0.674. The SMILES string of the molecule is CCOC(=O)C1=C(C)Nc2nc(-c3cccnc3)nn2C1c1cccc(O)c1. The number of allylic oxidation sites excluding steroid dienone is 1. The van der Waals surface area contributed by atoms with Crippen LogP contribution >= 0.6 is 0 Å². The average molecular weight is 377 g/mol. The predicted molar refractivity (Wildman–Crippen MR) is 102 cm³/mol. The van der Waals surface area contributed by atoms with Crippen molar-refractivity contribution in [2.75, 3.05) is 11.9 Å². The molecule has 1 unspecified atom stereocenters. The smallest absolute Gasteiger partial charge is 0.338 e. The summed E-state index contributed by atoms with van der Waals surface area (Å²) in [4.78, 5) is 21.4. The van der Waals surface area contributed by atoms with Gasteiger partial charge in [0.15, 0.2) is 5.82 Å². The summed E-state index contributed by atoms with van der Waals surface area (Å²) in [5, 5.41) is 17.7. The maximum absolute atomic E-state index is 12.7. The Morgan fingerprint density at radius 3 is 2.89 bits per heavy atom. The fourth-order valence-electron chi connectivity index (χ4n) is 3.24. The first-order valence-electron chi connectivity index (χ1n) is 8.89. The largest absolute Gasteiger partial charge is 0.508 e. The number of hydrogen-bond acceptors (Lipinski definition) is 7. The number of esters is 1. The normalized spacial score (nSPS) is 15.7. The van der Waals surface area contributed by atoms with Crippen LogP contribution in [0.2, 0.25) is 0 Å². The number of carbonyl (C=O) groups excluding carboxylic acids is 1. The molecule has 2 N–H and O–H groups in total. The molecule has 142 valence electrons. The molecule has 0 fully saturated rings. The van der Waals surface area contributed by atoms with Gasteiger partial charge in [-0.1, -0.05) is 12.1 Å². The molecule has 4 rings (SSSR count). The Labute approximate surface area is 161 Å². The van der Waals surface area contributed by atoms with Crippen LogP contribution in [0, 0.1) is 0 Å². The molecule has 8 heteroatoms. The third kappa shape index (κ3) is 3.09. The minimum atomic E-state index is -0.583. The number of anilines is 1. The maximum atomic E-state index is 12.7. The van der Waals surface area contributed by atoms with Gasteiger partial charge in [-0.15, -0.1) is 5.10 Å². The lowest BCUT2D eigenvalue weighted by atomic mass is 9.95. The Morgan fingerprint density at radius 2 is 2.18 bits per heavy atom. The van der Waals surface area contributed by atoms with E-state index in [1.165, 1.54) is 0 Å². The number of aromatic nitrogens is 4. The van der Waals surface area contributed by atoms with Crippen molar-refractivity contribution in [2.45, 2.75) is 19.9 Å². The van der Waals surface area contributed by atoms with Crippen molar-refractivity contribution in [3.8, 4) is 17.1 Å². The summed E-state index contributed by atoms with van der Waals surface area (Å²) >= 11 is 0. The second-order valence-electron chi connectivity index (χ2n) is 6.33. The molecule has 0 spiro atoms. The molecule has 28 heavy (non-hydrogen) atoms. The number of rotatable bonds is 4. The predicted octanol–water partition coefficient (Wildman–Crippen LogP) is 2.90. The van der Waals surface area contributed by atoms with Crippen LogP contribution in [-0.4, -0.2) is 37.4 Å². The Bertz CT molecular complexity index is 1060. The molecule has 2 aromatic heterocycles. The highest BCUT2D eigenvalue weighted by Crippen LogP contribution is 2.37. The van der Waals surface area contributed by atoms with E-state index < -0.39 is 12.0 Å². The number of aromatic hydroxyl groups is 1. The third-order valence-electron chi connectivity index (χ3n) is 4.45. The van der Waals surface area contributed by atoms with Crippen molar-refractivity contribution < 1.29 is 14.6 Å². The number of carbonyl (C=O) groups is 1. The monoisotopic (exact) mass is 377 g/mol. The number of pyridine rings is 1. The fourth-order valence-corrected chi connectivity index (χ4v) is 3.24. The van der Waals surface area contributed by atoms with Gasteiger partial charge in [-0.2, -0.15) is 4.98 Å².